The lowest BCUT2D eigenvalue weighted by Crippen LogP contribution is -2.02. The molecule has 0 aliphatic carbocycles. The zero-order chi connectivity index (χ0) is 14.2. The van der Waals surface area contributed by atoms with Crippen LogP contribution < -0.4 is 0 Å². The summed E-state index contributed by atoms with van der Waals surface area (Å²) in [6, 6.07) is 0. The quantitative estimate of drug-likeness (QED) is 0.254. The SMILES string of the molecule is CC=CC=CC(=O)OCCCCCCCCCCO. The maximum atomic E-state index is 11.2. The highest BCUT2D eigenvalue weighted by Gasteiger charge is 1.96. The largest absolute Gasteiger partial charge is 0.463 e. The molecule has 0 aromatic heterocycles. The fourth-order valence-electron chi connectivity index (χ4n) is 1.74. The van der Waals surface area contributed by atoms with Crippen LogP contribution in [0.1, 0.15) is 58.3 Å². The Kier molecular flexibility index (Phi) is 14.1. The van der Waals surface area contributed by atoms with Crippen molar-refractivity contribution in [3.63, 3.8) is 0 Å². The monoisotopic (exact) mass is 268 g/mol. The van der Waals surface area contributed by atoms with E-state index in [4.69, 9.17) is 9.84 Å². The molecule has 1 N–H and O–H groups in total. The molecular formula is C16H28O3. The Morgan fingerprint density at radius 3 is 2.11 bits per heavy atom. The van der Waals surface area contributed by atoms with Crippen molar-refractivity contribution in [2.24, 2.45) is 0 Å². The first-order chi connectivity index (χ1) is 9.31. The summed E-state index contributed by atoms with van der Waals surface area (Å²) in [7, 11) is 0. The molecule has 0 aromatic carbocycles. The second kappa shape index (κ2) is 15.0. The maximum absolute atomic E-state index is 11.2. The predicted octanol–water partition coefficient (Wildman–Crippen LogP) is 3.78. The first-order valence-electron chi connectivity index (χ1n) is 7.38. The average Bonchev–Trinajstić information content (AvgIpc) is 2.41. The molecule has 0 radical (unpaired) electrons. The van der Waals surface area contributed by atoms with Gasteiger partial charge in [-0.1, -0.05) is 56.8 Å². The van der Waals surface area contributed by atoms with Gasteiger partial charge in [-0.25, -0.2) is 4.79 Å². The van der Waals surface area contributed by atoms with Crippen LogP contribution in [0, 0.1) is 0 Å². The predicted molar refractivity (Wildman–Crippen MR) is 78.9 cm³/mol. The minimum absolute atomic E-state index is 0.262. The van der Waals surface area contributed by atoms with E-state index in [0.717, 1.165) is 25.7 Å². The van der Waals surface area contributed by atoms with Crippen molar-refractivity contribution in [2.75, 3.05) is 13.2 Å². The summed E-state index contributed by atoms with van der Waals surface area (Å²) in [4.78, 5) is 11.2. The number of unbranched alkanes of at least 4 members (excludes halogenated alkanes) is 7. The Hall–Kier alpha value is -1.09. The lowest BCUT2D eigenvalue weighted by atomic mass is 10.1. The van der Waals surface area contributed by atoms with Gasteiger partial charge in [0.1, 0.15) is 0 Å². The van der Waals surface area contributed by atoms with Crippen LogP contribution in [0.3, 0.4) is 0 Å². The van der Waals surface area contributed by atoms with Gasteiger partial charge < -0.3 is 9.84 Å². The van der Waals surface area contributed by atoms with E-state index in [-0.39, 0.29) is 5.97 Å². The lowest BCUT2D eigenvalue weighted by molar-refractivity contribution is -0.137. The number of carbonyl (C=O) groups excluding carboxylic acids is 1. The minimum Gasteiger partial charge on any atom is -0.463 e. The Morgan fingerprint density at radius 2 is 1.53 bits per heavy atom. The van der Waals surface area contributed by atoms with Gasteiger partial charge in [0.25, 0.3) is 0 Å². The summed E-state index contributed by atoms with van der Waals surface area (Å²) < 4.78 is 5.06. The van der Waals surface area contributed by atoms with Crippen LogP contribution in [0.4, 0.5) is 0 Å². The molecule has 3 nitrogen and oxygen atoms in total. The number of esters is 1. The lowest BCUT2D eigenvalue weighted by Gasteiger charge is -2.02. The van der Waals surface area contributed by atoms with Crippen molar-refractivity contribution >= 4 is 5.97 Å². The molecule has 0 heterocycles. The van der Waals surface area contributed by atoms with Gasteiger partial charge in [0.2, 0.25) is 0 Å². The van der Waals surface area contributed by atoms with Crippen LogP contribution in [0.2, 0.25) is 0 Å². The summed E-state index contributed by atoms with van der Waals surface area (Å²) >= 11 is 0. The zero-order valence-electron chi connectivity index (χ0n) is 12.1. The number of hydrogen-bond acceptors (Lipinski definition) is 3. The van der Waals surface area contributed by atoms with Crippen LogP contribution in [-0.4, -0.2) is 24.3 Å². The van der Waals surface area contributed by atoms with Crippen molar-refractivity contribution in [3.8, 4) is 0 Å². The molecule has 0 aliphatic heterocycles. The third-order valence-electron chi connectivity index (χ3n) is 2.83. The van der Waals surface area contributed by atoms with Crippen LogP contribution in [0.25, 0.3) is 0 Å². The molecule has 0 fully saturated rings. The van der Waals surface area contributed by atoms with E-state index >= 15 is 0 Å². The molecule has 0 amide bonds. The molecule has 0 aliphatic rings. The third kappa shape index (κ3) is 14.9. The van der Waals surface area contributed by atoms with E-state index in [2.05, 4.69) is 0 Å². The second-order valence-corrected chi connectivity index (χ2v) is 4.60. The van der Waals surface area contributed by atoms with Gasteiger partial charge in [-0.15, -0.1) is 0 Å². The molecule has 0 bridgehead atoms. The number of allylic oxidation sites excluding steroid dienone is 3. The first kappa shape index (κ1) is 17.9. The smallest absolute Gasteiger partial charge is 0.330 e. The topological polar surface area (TPSA) is 46.5 Å². The summed E-state index contributed by atoms with van der Waals surface area (Å²) in [5.74, 6) is -0.262. The van der Waals surface area contributed by atoms with Gasteiger partial charge in [0, 0.05) is 12.7 Å². The van der Waals surface area contributed by atoms with Crippen LogP contribution in [-0.2, 0) is 9.53 Å². The molecule has 0 rings (SSSR count). The van der Waals surface area contributed by atoms with Gasteiger partial charge in [-0.05, 0) is 19.8 Å². The number of aliphatic hydroxyl groups is 1. The molecule has 3 heteroatoms. The van der Waals surface area contributed by atoms with Gasteiger partial charge in [-0.3, -0.25) is 0 Å². The third-order valence-corrected chi connectivity index (χ3v) is 2.83. The van der Waals surface area contributed by atoms with Gasteiger partial charge in [-0.2, -0.15) is 0 Å². The zero-order valence-corrected chi connectivity index (χ0v) is 12.1. The van der Waals surface area contributed by atoms with Gasteiger partial charge in [0.15, 0.2) is 0 Å². The van der Waals surface area contributed by atoms with Crippen molar-refractivity contribution < 1.29 is 14.6 Å². The minimum atomic E-state index is -0.262. The van der Waals surface area contributed by atoms with Crippen molar-refractivity contribution in [1.29, 1.82) is 0 Å². The molecular weight excluding hydrogens is 240 g/mol. The summed E-state index contributed by atoms with van der Waals surface area (Å²) in [5.41, 5.74) is 0. The summed E-state index contributed by atoms with van der Waals surface area (Å²) in [6.07, 6.45) is 15.8. The first-order valence-corrected chi connectivity index (χ1v) is 7.38. The summed E-state index contributed by atoms with van der Waals surface area (Å²) in [5, 5.41) is 8.63. The Morgan fingerprint density at radius 1 is 0.947 bits per heavy atom. The van der Waals surface area contributed by atoms with Crippen LogP contribution in [0.5, 0.6) is 0 Å². The number of hydrogen-bond donors (Lipinski definition) is 1. The van der Waals surface area contributed by atoms with Gasteiger partial charge >= 0.3 is 5.97 Å². The van der Waals surface area contributed by atoms with Gasteiger partial charge in [0.05, 0.1) is 6.61 Å². The van der Waals surface area contributed by atoms with E-state index < -0.39 is 0 Å². The van der Waals surface area contributed by atoms with Crippen molar-refractivity contribution in [2.45, 2.75) is 58.3 Å². The number of aliphatic hydroxyl groups excluding tert-OH is 1. The number of ether oxygens (including phenoxy) is 1. The molecule has 19 heavy (non-hydrogen) atoms. The molecule has 0 atom stereocenters. The molecule has 0 saturated carbocycles. The van der Waals surface area contributed by atoms with E-state index in [1.807, 2.05) is 13.0 Å². The molecule has 0 unspecified atom stereocenters. The number of carbonyl (C=O) groups is 1. The van der Waals surface area contributed by atoms with Crippen LogP contribution >= 0.6 is 0 Å². The molecule has 110 valence electrons. The second-order valence-electron chi connectivity index (χ2n) is 4.60. The highest BCUT2D eigenvalue weighted by molar-refractivity contribution is 5.82. The van der Waals surface area contributed by atoms with E-state index in [1.165, 1.54) is 31.8 Å². The average molecular weight is 268 g/mol. The maximum Gasteiger partial charge on any atom is 0.330 e. The van der Waals surface area contributed by atoms with Crippen molar-refractivity contribution in [3.05, 3.63) is 24.3 Å². The van der Waals surface area contributed by atoms with E-state index in [0.29, 0.717) is 13.2 Å². The molecule has 0 saturated heterocycles. The Labute approximate surface area is 117 Å². The summed E-state index contributed by atoms with van der Waals surface area (Å²) in [6.45, 7) is 2.73. The molecule has 0 aromatic rings. The van der Waals surface area contributed by atoms with E-state index in [1.54, 1.807) is 12.2 Å². The highest BCUT2D eigenvalue weighted by atomic mass is 16.5. The highest BCUT2D eigenvalue weighted by Crippen LogP contribution is 2.08. The Bertz CT molecular complexity index is 257. The molecule has 0 spiro atoms. The standard InChI is InChI=1S/C16H28O3/c1-2-3-10-13-16(18)19-15-12-9-7-5-4-6-8-11-14-17/h2-3,10,13,17H,4-9,11-12,14-15H2,1H3. The van der Waals surface area contributed by atoms with Crippen LogP contribution in [0.15, 0.2) is 24.3 Å². The fraction of sp³-hybridized carbons (Fsp3) is 0.688. The normalized spacial score (nSPS) is 11.5. The van der Waals surface area contributed by atoms with Crippen molar-refractivity contribution in [1.82, 2.24) is 0 Å². The number of rotatable bonds is 12. The fourth-order valence-corrected chi connectivity index (χ4v) is 1.74. The van der Waals surface area contributed by atoms with E-state index in [9.17, 15) is 4.79 Å². The Balaban J connectivity index is 3.20.